The van der Waals surface area contributed by atoms with E-state index in [0.29, 0.717) is 16.6 Å². The van der Waals surface area contributed by atoms with Crippen LogP contribution in [0.2, 0.25) is 0 Å². The van der Waals surface area contributed by atoms with Crippen molar-refractivity contribution in [3.05, 3.63) is 17.5 Å². The van der Waals surface area contributed by atoms with Gasteiger partial charge in [-0.25, -0.2) is 9.97 Å². The molecule has 0 bridgehead atoms. The molecule has 0 unspecified atom stereocenters. The van der Waals surface area contributed by atoms with Crippen LogP contribution in [0.4, 0.5) is 5.95 Å². The topological polar surface area (TPSA) is 67.1 Å². The Morgan fingerprint density at radius 3 is 2.89 bits per heavy atom. The third-order valence-electron chi connectivity index (χ3n) is 2.92. The number of hydrogen-bond acceptors (Lipinski definition) is 6. The number of nitrogens with two attached hydrogens (primary N) is 1. The van der Waals surface area contributed by atoms with Gasteiger partial charge in [0.1, 0.15) is 10.7 Å². The maximum absolute atomic E-state index is 5.60. The van der Waals surface area contributed by atoms with E-state index in [-0.39, 0.29) is 0 Å². The first kappa shape index (κ1) is 14.5. The number of thioether (sulfide) groups is 1. The van der Waals surface area contributed by atoms with Crippen LogP contribution in [0.15, 0.2) is 6.07 Å². The zero-order chi connectivity index (χ0) is 13.7. The number of aromatic nitrogens is 2. The predicted molar refractivity (Wildman–Crippen MR) is 84.9 cm³/mol. The second kappa shape index (κ2) is 7.02. The van der Waals surface area contributed by atoms with Gasteiger partial charge in [0.15, 0.2) is 0 Å². The molecule has 1 aromatic heterocycles. The van der Waals surface area contributed by atoms with Crippen molar-refractivity contribution in [3.8, 4) is 0 Å². The molecule has 104 valence electrons. The van der Waals surface area contributed by atoms with Gasteiger partial charge >= 0.3 is 0 Å². The number of hydrogen-bond donors (Lipinski definition) is 2. The molecule has 2 rings (SSSR count). The third-order valence-corrected chi connectivity index (χ3v) is 4.07. The normalized spacial score (nSPS) is 16.3. The molecule has 1 fully saturated rings. The lowest BCUT2D eigenvalue weighted by Crippen LogP contribution is -2.36. The van der Waals surface area contributed by atoms with E-state index < -0.39 is 0 Å². The molecule has 0 radical (unpaired) electrons. The highest BCUT2D eigenvalue weighted by Gasteiger charge is 2.10. The van der Waals surface area contributed by atoms with Gasteiger partial charge in [-0.15, -0.1) is 0 Å². The Morgan fingerprint density at radius 1 is 1.47 bits per heavy atom. The lowest BCUT2D eigenvalue weighted by atomic mass is 10.3. The highest BCUT2D eigenvalue weighted by Crippen LogP contribution is 2.09. The summed E-state index contributed by atoms with van der Waals surface area (Å²) in [7, 11) is 0. The van der Waals surface area contributed by atoms with Gasteiger partial charge in [-0.2, -0.15) is 11.8 Å². The molecule has 0 atom stereocenters. The van der Waals surface area contributed by atoms with Gasteiger partial charge < -0.3 is 11.1 Å². The van der Waals surface area contributed by atoms with Crippen molar-refractivity contribution in [2.24, 2.45) is 5.73 Å². The SMILES string of the molecule is Cc1cc(C(N)=S)nc(NCCN2CCSCC2)n1. The fourth-order valence-electron chi connectivity index (χ4n) is 1.92. The predicted octanol–water partition coefficient (Wildman–Crippen LogP) is 0.880. The van der Waals surface area contributed by atoms with Crippen molar-refractivity contribution in [2.75, 3.05) is 43.0 Å². The van der Waals surface area contributed by atoms with Gasteiger partial charge in [0.2, 0.25) is 5.95 Å². The van der Waals surface area contributed by atoms with Crippen molar-refractivity contribution in [1.29, 1.82) is 0 Å². The summed E-state index contributed by atoms with van der Waals surface area (Å²) >= 11 is 6.97. The van der Waals surface area contributed by atoms with Crippen LogP contribution in [-0.4, -0.2) is 57.5 Å². The first-order chi connectivity index (χ1) is 9.15. The fraction of sp³-hybridized carbons (Fsp3) is 0.583. The highest BCUT2D eigenvalue weighted by atomic mass is 32.2. The summed E-state index contributed by atoms with van der Waals surface area (Å²) < 4.78 is 0. The first-order valence-electron chi connectivity index (χ1n) is 6.34. The lowest BCUT2D eigenvalue weighted by Gasteiger charge is -2.26. The van der Waals surface area contributed by atoms with E-state index in [1.165, 1.54) is 24.6 Å². The average molecular weight is 297 g/mol. The second-order valence-electron chi connectivity index (χ2n) is 4.46. The number of aryl methyl sites for hydroxylation is 1. The maximum Gasteiger partial charge on any atom is 0.223 e. The standard InChI is InChI=1S/C12H19N5S2/c1-9-8-10(11(13)18)16-12(15-9)14-2-3-17-4-6-19-7-5-17/h8H,2-7H2,1H3,(H2,13,18)(H,14,15,16). The molecule has 1 aromatic rings. The van der Waals surface area contributed by atoms with Crippen molar-refractivity contribution in [2.45, 2.75) is 6.92 Å². The van der Waals surface area contributed by atoms with Crippen LogP contribution in [0, 0.1) is 6.92 Å². The van der Waals surface area contributed by atoms with Gasteiger partial charge in [0.05, 0.1) is 0 Å². The molecule has 0 aromatic carbocycles. The van der Waals surface area contributed by atoms with Crippen LogP contribution >= 0.6 is 24.0 Å². The molecule has 1 aliphatic rings. The monoisotopic (exact) mass is 297 g/mol. The number of thiocarbonyl (C=S) groups is 1. The summed E-state index contributed by atoms with van der Waals surface area (Å²) in [6, 6.07) is 1.80. The summed E-state index contributed by atoms with van der Waals surface area (Å²) in [5.41, 5.74) is 7.09. The van der Waals surface area contributed by atoms with Crippen molar-refractivity contribution >= 4 is 34.9 Å². The molecule has 0 spiro atoms. The van der Waals surface area contributed by atoms with Gasteiger partial charge in [0, 0.05) is 43.4 Å². The molecule has 19 heavy (non-hydrogen) atoms. The first-order valence-corrected chi connectivity index (χ1v) is 7.91. The Hall–Kier alpha value is -0.920. The summed E-state index contributed by atoms with van der Waals surface area (Å²) in [6.45, 7) is 6.10. The number of rotatable bonds is 5. The summed E-state index contributed by atoms with van der Waals surface area (Å²) in [4.78, 5) is 11.4. The van der Waals surface area contributed by atoms with Crippen LogP contribution in [0.1, 0.15) is 11.4 Å². The smallest absolute Gasteiger partial charge is 0.223 e. The largest absolute Gasteiger partial charge is 0.388 e. The second-order valence-corrected chi connectivity index (χ2v) is 6.13. The quantitative estimate of drug-likeness (QED) is 0.782. The van der Waals surface area contributed by atoms with Crippen LogP contribution < -0.4 is 11.1 Å². The molecule has 0 saturated carbocycles. The van der Waals surface area contributed by atoms with Crippen molar-refractivity contribution < 1.29 is 0 Å². The molecule has 1 aliphatic heterocycles. The van der Waals surface area contributed by atoms with E-state index in [2.05, 4.69) is 20.2 Å². The van der Waals surface area contributed by atoms with Gasteiger partial charge in [0.25, 0.3) is 0 Å². The fourth-order valence-corrected chi connectivity index (χ4v) is 3.01. The van der Waals surface area contributed by atoms with Gasteiger partial charge in [-0.05, 0) is 13.0 Å². The van der Waals surface area contributed by atoms with E-state index in [1.807, 2.05) is 18.7 Å². The van der Waals surface area contributed by atoms with Crippen molar-refractivity contribution in [1.82, 2.24) is 14.9 Å². The lowest BCUT2D eigenvalue weighted by molar-refractivity contribution is 0.314. The Labute approximate surface area is 123 Å². The minimum Gasteiger partial charge on any atom is -0.388 e. The Kier molecular flexibility index (Phi) is 5.35. The van der Waals surface area contributed by atoms with E-state index in [0.717, 1.165) is 18.8 Å². The maximum atomic E-state index is 5.60. The molecule has 2 heterocycles. The molecule has 0 amide bonds. The Balaban J connectivity index is 1.86. The molecule has 5 nitrogen and oxygen atoms in total. The minimum absolute atomic E-state index is 0.307. The van der Waals surface area contributed by atoms with Crippen LogP contribution in [0.3, 0.4) is 0 Å². The van der Waals surface area contributed by atoms with E-state index >= 15 is 0 Å². The number of anilines is 1. The van der Waals surface area contributed by atoms with Crippen LogP contribution in [0.5, 0.6) is 0 Å². The summed E-state index contributed by atoms with van der Waals surface area (Å²) in [5, 5.41) is 3.24. The molecular weight excluding hydrogens is 278 g/mol. The summed E-state index contributed by atoms with van der Waals surface area (Å²) in [6.07, 6.45) is 0. The van der Waals surface area contributed by atoms with Crippen LogP contribution in [0.25, 0.3) is 0 Å². The minimum atomic E-state index is 0.307. The van der Waals surface area contributed by atoms with Gasteiger partial charge in [-0.3, -0.25) is 4.90 Å². The van der Waals surface area contributed by atoms with E-state index in [4.69, 9.17) is 18.0 Å². The molecule has 0 aliphatic carbocycles. The zero-order valence-electron chi connectivity index (χ0n) is 11.1. The van der Waals surface area contributed by atoms with Gasteiger partial charge in [-0.1, -0.05) is 12.2 Å². The van der Waals surface area contributed by atoms with Crippen LogP contribution in [-0.2, 0) is 0 Å². The molecule has 7 heteroatoms. The average Bonchev–Trinajstić information content (AvgIpc) is 2.39. The molecule has 3 N–H and O–H groups in total. The highest BCUT2D eigenvalue weighted by molar-refractivity contribution is 7.99. The Morgan fingerprint density at radius 2 is 2.21 bits per heavy atom. The van der Waals surface area contributed by atoms with E-state index in [9.17, 15) is 0 Å². The Bertz CT molecular complexity index is 446. The van der Waals surface area contributed by atoms with E-state index in [1.54, 1.807) is 6.07 Å². The number of nitrogens with one attached hydrogen (secondary N) is 1. The third kappa shape index (κ3) is 4.59. The number of nitrogens with zero attached hydrogens (tertiary/aromatic N) is 3. The molecule has 1 saturated heterocycles. The molecular formula is C12H19N5S2. The zero-order valence-corrected chi connectivity index (χ0v) is 12.7. The summed E-state index contributed by atoms with van der Waals surface area (Å²) in [5.74, 6) is 3.06. The van der Waals surface area contributed by atoms with Crippen molar-refractivity contribution in [3.63, 3.8) is 0 Å².